The summed E-state index contributed by atoms with van der Waals surface area (Å²) in [5, 5.41) is 7.14. The molecule has 2 aromatic rings. The van der Waals surface area contributed by atoms with Crippen LogP contribution in [0.4, 0.5) is 0 Å². The van der Waals surface area contributed by atoms with Gasteiger partial charge in [-0.2, -0.15) is 5.10 Å². The summed E-state index contributed by atoms with van der Waals surface area (Å²) >= 11 is 0. The van der Waals surface area contributed by atoms with Crippen molar-refractivity contribution in [2.24, 2.45) is 0 Å². The predicted octanol–water partition coefficient (Wildman–Crippen LogP) is 1.10. The highest BCUT2D eigenvalue weighted by Crippen LogP contribution is 2.23. The first kappa shape index (κ1) is 17.2. The van der Waals surface area contributed by atoms with Crippen LogP contribution >= 0.6 is 0 Å². The Morgan fingerprint density at radius 3 is 3.08 bits per heavy atom. The monoisotopic (exact) mass is 346 g/mol. The maximum Gasteiger partial charge on any atom is 0.248 e. The molecule has 3 rings (SSSR count). The topological polar surface area (TPSA) is 89.6 Å². The third-order valence-corrected chi connectivity index (χ3v) is 4.13. The molecule has 3 heterocycles. The third-order valence-electron chi connectivity index (χ3n) is 4.13. The SMILES string of the molecule is CCOCC(=O)N1Cc2ccnn2[C@H](CC(=O)NCc2ccco2)C1. The molecule has 0 radical (unpaired) electrons. The number of nitrogens with one attached hydrogen (secondary N) is 1. The molecule has 8 nitrogen and oxygen atoms in total. The average molecular weight is 346 g/mol. The van der Waals surface area contributed by atoms with E-state index >= 15 is 0 Å². The molecule has 1 aliphatic rings. The molecule has 0 saturated carbocycles. The van der Waals surface area contributed by atoms with Crippen molar-refractivity contribution in [3.8, 4) is 0 Å². The second kappa shape index (κ2) is 7.98. The average Bonchev–Trinajstić information content (AvgIpc) is 3.29. The summed E-state index contributed by atoms with van der Waals surface area (Å²) in [6.07, 6.45) is 3.51. The van der Waals surface area contributed by atoms with Crippen molar-refractivity contribution in [1.82, 2.24) is 20.0 Å². The number of fused-ring (bicyclic) bond motifs is 1. The minimum atomic E-state index is -0.194. The number of aromatic nitrogens is 2. The lowest BCUT2D eigenvalue weighted by atomic mass is 10.1. The fourth-order valence-electron chi connectivity index (χ4n) is 2.89. The van der Waals surface area contributed by atoms with Crippen molar-refractivity contribution in [3.63, 3.8) is 0 Å². The molecule has 25 heavy (non-hydrogen) atoms. The number of nitrogens with zero attached hydrogens (tertiary/aromatic N) is 3. The Kier molecular flexibility index (Phi) is 5.49. The molecule has 1 atom stereocenters. The van der Waals surface area contributed by atoms with Gasteiger partial charge in [-0.3, -0.25) is 14.3 Å². The minimum absolute atomic E-state index is 0.0576. The lowest BCUT2D eigenvalue weighted by Gasteiger charge is -2.33. The van der Waals surface area contributed by atoms with Gasteiger partial charge in [0.05, 0.1) is 37.5 Å². The van der Waals surface area contributed by atoms with E-state index in [1.54, 1.807) is 29.5 Å². The van der Waals surface area contributed by atoms with Crippen LogP contribution < -0.4 is 5.32 Å². The molecule has 0 bridgehead atoms. The van der Waals surface area contributed by atoms with Crippen LogP contribution in [0.3, 0.4) is 0 Å². The number of carbonyl (C=O) groups is 2. The maximum atomic E-state index is 12.3. The second-order valence-electron chi connectivity index (χ2n) is 5.89. The number of rotatable bonds is 7. The van der Waals surface area contributed by atoms with Gasteiger partial charge in [0.25, 0.3) is 0 Å². The Hall–Kier alpha value is -2.61. The Balaban J connectivity index is 1.61. The highest BCUT2D eigenvalue weighted by atomic mass is 16.5. The number of ether oxygens (including phenoxy) is 1. The molecule has 0 spiro atoms. The molecule has 134 valence electrons. The van der Waals surface area contributed by atoms with Gasteiger partial charge < -0.3 is 19.4 Å². The van der Waals surface area contributed by atoms with E-state index in [1.807, 2.05) is 17.7 Å². The van der Waals surface area contributed by atoms with Gasteiger partial charge in [-0.05, 0) is 25.1 Å². The van der Waals surface area contributed by atoms with E-state index in [2.05, 4.69) is 10.4 Å². The molecule has 1 N–H and O–H groups in total. The first-order valence-corrected chi connectivity index (χ1v) is 8.34. The normalized spacial score (nSPS) is 16.5. The standard InChI is InChI=1S/C17H22N4O4/c1-2-24-12-17(23)20-10-13-5-6-19-21(13)14(11-20)8-16(22)18-9-15-4-3-7-25-15/h3-7,14H,2,8-12H2,1H3,(H,18,22)/t14-/m1/s1. The summed E-state index contributed by atoms with van der Waals surface area (Å²) in [7, 11) is 0. The Morgan fingerprint density at radius 2 is 2.32 bits per heavy atom. The van der Waals surface area contributed by atoms with Crippen LogP contribution in [-0.4, -0.2) is 46.3 Å². The van der Waals surface area contributed by atoms with Crippen LogP contribution in [0.5, 0.6) is 0 Å². The van der Waals surface area contributed by atoms with Crippen molar-refractivity contribution in [1.29, 1.82) is 0 Å². The molecule has 2 aromatic heterocycles. The lowest BCUT2D eigenvalue weighted by Crippen LogP contribution is -2.44. The molecule has 0 unspecified atom stereocenters. The lowest BCUT2D eigenvalue weighted by molar-refractivity contribution is -0.138. The Labute approximate surface area is 145 Å². The second-order valence-corrected chi connectivity index (χ2v) is 5.89. The first-order valence-electron chi connectivity index (χ1n) is 8.34. The van der Waals surface area contributed by atoms with Gasteiger partial charge in [-0.25, -0.2) is 0 Å². The van der Waals surface area contributed by atoms with Gasteiger partial charge in [0.15, 0.2) is 0 Å². The van der Waals surface area contributed by atoms with Gasteiger partial charge in [0.2, 0.25) is 11.8 Å². The molecular formula is C17H22N4O4. The van der Waals surface area contributed by atoms with E-state index in [4.69, 9.17) is 9.15 Å². The molecule has 2 amide bonds. The van der Waals surface area contributed by atoms with Crippen molar-refractivity contribution >= 4 is 11.8 Å². The van der Waals surface area contributed by atoms with Gasteiger partial charge in [-0.1, -0.05) is 0 Å². The van der Waals surface area contributed by atoms with E-state index in [-0.39, 0.29) is 30.9 Å². The van der Waals surface area contributed by atoms with Crippen LogP contribution in [0.1, 0.15) is 30.8 Å². The molecular weight excluding hydrogens is 324 g/mol. The molecule has 8 heteroatoms. The van der Waals surface area contributed by atoms with E-state index in [0.29, 0.717) is 32.0 Å². The summed E-state index contributed by atoms with van der Waals surface area (Å²) in [5.41, 5.74) is 0.917. The van der Waals surface area contributed by atoms with E-state index < -0.39 is 0 Å². The van der Waals surface area contributed by atoms with Crippen molar-refractivity contribution < 1.29 is 18.7 Å². The summed E-state index contributed by atoms with van der Waals surface area (Å²) in [6.45, 7) is 3.67. The van der Waals surface area contributed by atoms with Crippen molar-refractivity contribution in [3.05, 3.63) is 42.1 Å². The zero-order valence-electron chi connectivity index (χ0n) is 14.2. The number of hydrogen-bond acceptors (Lipinski definition) is 5. The number of carbonyl (C=O) groups excluding carboxylic acids is 2. The zero-order chi connectivity index (χ0) is 17.6. The Bertz CT molecular complexity index is 710. The summed E-state index contributed by atoms with van der Waals surface area (Å²) < 4.78 is 12.2. The van der Waals surface area contributed by atoms with Gasteiger partial charge in [0.1, 0.15) is 12.4 Å². The largest absolute Gasteiger partial charge is 0.467 e. The molecule has 0 fully saturated rings. The molecule has 0 aliphatic carbocycles. The van der Waals surface area contributed by atoms with E-state index in [9.17, 15) is 9.59 Å². The van der Waals surface area contributed by atoms with Crippen LogP contribution in [0.2, 0.25) is 0 Å². The van der Waals surface area contributed by atoms with Gasteiger partial charge >= 0.3 is 0 Å². The van der Waals surface area contributed by atoms with Crippen molar-refractivity contribution in [2.75, 3.05) is 19.8 Å². The predicted molar refractivity (Wildman–Crippen MR) is 88.3 cm³/mol. The highest BCUT2D eigenvalue weighted by molar-refractivity contribution is 5.78. The summed E-state index contributed by atoms with van der Waals surface area (Å²) in [6, 6.07) is 5.26. The van der Waals surface area contributed by atoms with Gasteiger partial charge in [-0.15, -0.1) is 0 Å². The quantitative estimate of drug-likeness (QED) is 0.811. The fourth-order valence-corrected chi connectivity index (χ4v) is 2.89. The minimum Gasteiger partial charge on any atom is -0.467 e. The number of hydrogen-bond donors (Lipinski definition) is 1. The summed E-state index contributed by atoms with van der Waals surface area (Å²) in [4.78, 5) is 26.2. The fraction of sp³-hybridized carbons (Fsp3) is 0.471. The maximum absolute atomic E-state index is 12.3. The van der Waals surface area contributed by atoms with Crippen LogP contribution in [0.15, 0.2) is 35.1 Å². The van der Waals surface area contributed by atoms with Crippen LogP contribution in [0.25, 0.3) is 0 Å². The Morgan fingerprint density at radius 1 is 1.44 bits per heavy atom. The van der Waals surface area contributed by atoms with Crippen LogP contribution in [-0.2, 0) is 27.4 Å². The summed E-state index contributed by atoms with van der Waals surface area (Å²) in [5.74, 6) is 0.516. The first-order chi connectivity index (χ1) is 12.2. The molecule has 0 aromatic carbocycles. The zero-order valence-corrected chi connectivity index (χ0v) is 14.2. The number of furan rings is 1. The highest BCUT2D eigenvalue weighted by Gasteiger charge is 2.29. The van der Waals surface area contributed by atoms with Gasteiger partial charge in [0, 0.05) is 19.3 Å². The smallest absolute Gasteiger partial charge is 0.248 e. The molecule has 0 saturated heterocycles. The van der Waals surface area contributed by atoms with Crippen molar-refractivity contribution in [2.45, 2.75) is 32.5 Å². The number of amides is 2. The van der Waals surface area contributed by atoms with Crippen LogP contribution in [0, 0.1) is 0 Å². The van der Waals surface area contributed by atoms with E-state index in [1.165, 1.54) is 0 Å². The third kappa shape index (κ3) is 4.27. The molecule has 1 aliphatic heterocycles. The van der Waals surface area contributed by atoms with E-state index in [0.717, 1.165) is 5.69 Å².